The van der Waals surface area contributed by atoms with Crippen LogP contribution in [0.5, 0.6) is 5.75 Å². The van der Waals surface area contributed by atoms with Crippen molar-refractivity contribution in [2.24, 2.45) is 0 Å². The lowest BCUT2D eigenvalue weighted by Crippen LogP contribution is -2.34. The Kier molecular flexibility index (Phi) is 6.37. The molecular weight excluding hydrogens is 491 g/mol. The van der Waals surface area contributed by atoms with E-state index >= 15 is 0 Å². The van der Waals surface area contributed by atoms with Crippen LogP contribution >= 0.6 is 50.7 Å². The molecule has 0 bridgehead atoms. The normalized spacial score (nSPS) is 10.1. The van der Waals surface area contributed by atoms with Crippen LogP contribution in [0.2, 0.25) is 0 Å². The highest BCUT2D eigenvalue weighted by Gasteiger charge is 2.16. The smallest absolute Gasteiger partial charge is 0.261 e. The lowest BCUT2D eigenvalue weighted by atomic mass is 10.1. The molecule has 0 heterocycles. The Morgan fingerprint density at radius 2 is 1.91 bits per heavy atom. The maximum absolute atomic E-state index is 12.4. The molecule has 1 amide bonds. The Labute approximate surface area is 162 Å². The van der Waals surface area contributed by atoms with Crippen LogP contribution in [-0.4, -0.2) is 18.1 Å². The van der Waals surface area contributed by atoms with E-state index in [4.69, 9.17) is 17.0 Å². The SMILES string of the molecule is COc1c(C)cc(Br)cc1C(=O)NC(=S)Nc1ccc(I)cc1. The number of carbonyl (C=O) groups is 1. The summed E-state index contributed by atoms with van der Waals surface area (Å²) in [4.78, 5) is 12.4. The number of halogens is 2. The van der Waals surface area contributed by atoms with Crippen molar-refractivity contribution in [2.75, 3.05) is 12.4 Å². The molecule has 0 aliphatic carbocycles. The van der Waals surface area contributed by atoms with Crippen LogP contribution in [0, 0.1) is 10.5 Å². The monoisotopic (exact) mass is 504 g/mol. The summed E-state index contributed by atoms with van der Waals surface area (Å²) in [6.45, 7) is 1.88. The molecule has 4 nitrogen and oxygen atoms in total. The number of thiocarbonyl (C=S) groups is 1. The lowest BCUT2D eigenvalue weighted by Gasteiger charge is -2.14. The fourth-order valence-corrected chi connectivity index (χ4v) is 3.18. The molecule has 0 aromatic heterocycles. The van der Waals surface area contributed by atoms with Gasteiger partial charge >= 0.3 is 0 Å². The number of benzene rings is 2. The van der Waals surface area contributed by atoms with E-state index in [-0.39, 0.29) is 11.0 Å². The molecule has 120 valence electrons. The predicted octanol–water partition coefficient (Wildman–Crippen LogP) is 4.50. The van der Waals surface area contributed by atoms with Gasteiger partial charge in [-0.15, -0.1) is 0 Å². The molecule has 2 aromatic carbocycles. The molecule has 23 heavy (non-hydrogen) atoms. The fraction of sp³-hybridized carbons (Fsp3) is 0.125. The zero-order valence-corrected chi connectivity index (χ0v) is 17.0. The molecule has 2 rings (SSSR count). The highest BCUT2D eigenvalue weighted by Crippen LogP contribution is 2.27. The molecule has 0 atom stereocenters. The number of hydrogen-bond donors (Lipinski definition) is 2. The largest absolute Gasteiger partial charge is 0.496 e. The highest BCUT2D eigenvalue weighted by molar-refractivity contribution is 14.1. The zero-order chi connectivity index (χ0) is 17.0. The van der Waals surface area contributed by atoms with Crippen molar-refractivity contribution in [3.8, 4) is 5.75 Å². The third kappa shape index (κ3) is 4.89. The third-order valence-electron chi connectivity index (χ3n) is 3.02. The molecule has 0 saturated heterocycles. The van der Waals surface area contributed by atoms with Crippen molar-refractivity contribution in [3.05, 3.63) is 55.6 Å². The van der Waals surface area contributed by atoms with E-state index in [1.54, 1.807) is 6.07 Å². The first-order valence-electron chi connectivity index (χ1n) is 6.62. The maximum Gasteiger partial charge on any atom is 0.261 e. The topological polar surface area (TPSA) is 50.4 Å². The minimum Gasteiger partial charge on any atom is -0.496 e. The Morgan fingerprint density at radius 1 is 1.26 bits per heavy atom. The number of amides is 1. The Hall–Kier alpha value is -1.19. The number of ether oxygens (including phenoxy) is 1. The van der Waals surface area contributed by atoms with E-state index < -0.39 is 0 Å². The molecule has 0 spiro atoms. The number of aryl methyl sites for hydroxylation is 1. The molecule has 0 aliphatic heterocycles. The molecule has 7 heteroatoms. The van der Waals surface area contributed by atoms with Gasteiger partial charge in [0.1, 0.15) is 5.75 Å². The third-order valence-corrected chi connectivity index (χ3v) is 4.40. The number of carbonyl (C=O) groups excluding carboxylic acids is 1. The van der Waals surface area contributed by atoms with E-state index in [1.807, 2.05) is 37.3 Å². The van der Waals surface area contributed by atoms with Crippen LogP contribution in [0.15, 0.2) is 40.9 Å². The van der Waals surface area contributed by atoms with Crippen LogP contribution in [0.4, 0.5) is 5.69 Å². The first kappa shape index (κ1) is 18.2. The first-order chi connectivity index (χ1) is 10.9. The average Bonchev–Trinajstić information content (AvgIpc) is 2.48. The first-order valence-corrected chi connectivity index (χ1v) is 8.90. The molecule has 0 saturated carbocycles. The van der Waals surface area contributed by atoms with Gasteiger partial charge in [-0.05, 0) is 83.7 Å². The zero-order valence-electron chi connectivity index (χ0n) is 12.4. The Bertz CT molecular complexity index is 750. The van der Waals surface area contributed by atoms with Gasteiger partial charge in [-0.3, -0.25) is 10.1 Å². The Balaban J connectivity index is 2.12. The van der Waals surface area contributed by atoms with Crippen LogP contribution in [0.25, 0.3) is 0 Å². The second kappa shape index (κ2) is 8.07. The number of nitrogens with one attached hydrogen (secondary N) is 2. The summed E-state index contributed by atoms with van der Waals surface area (Å²) in [6, 6.07) is 11.3. The quantitative estimate of drug-likeness (QED) is 0.477. The van der Waals surface area contributed by atoms with Crippen LogP contribution in [-0.2, 0) is 0 Å². The van der Waals surface area contributed by atoms with Gasteiger partial charge in [0.15, 0.2) is 5.11 Å². The summed E-state index contributed by atoms with van der Waals surface area (Å²) in [6.07, 6.45) is 0. The Morgan fingerprint density at radius 3 is 2.52 bits per heavy atom. The average molecular weight is 505 g/mol. The minimum atomic E-state index is -0.325. The van der Waals surface area contributed by atoms with Crippen LogP contribution in [0.1, 0.15) is 15.9 Å². The van der Waals surface area contributed by atoms with Gasteiger partial charge in [0.25, 0.3) is 5.91 Å². The number of methoxy groups -OCH3 is 1. The number of hydrogen-bond acceptors (Lipinski definition) is 3. The summed E-state index contributed by atoms with van der Waals surface area (Å²) in [5.41, 5.74) is 2.10. The molecule has 2 N–H and O–H groups in total. The van der Waals surface area contributed by atoms with E-state index in [9.17, 15) is 4.79 Å². The highest BCUT2D eigenvalue weighted by atomic mass is 127. The fourth-order valence-electron chi connectivity index (χ4n) is 2.04. The molecule has 0 unspecified atom stereocenters. The molecule has 0 fully saturated rings. The molecule has 2 aromatic rings. The number of anilines is 1. The van der Waals surface area contributed by atoms with Crippen LogP contribution in [0.3, 0.4) is 0 Å². The van der Waals surface area contributed by atoms with Gasteiger partial charge in [0.2, 0.25) is 0 Å². The lowest BCUT2D eigenvalue weighted by molar-refractivity contribution is 0.0974. The van der Waals surface area contributed by atoms with Crippen molar-refractivity contribution in [2.45, 2.75) is 6.92 Å². The summed E-state index contributed by atoms with van der Waals surface area (Å²) in [5.74, 6) is 0.206. The molecule has 0 aliphatic rings. The molecule has 0 radical (unpaired) electrons. The van der Waals surface area contributed by atoms with Crippen LogP contribution < -0.4 is 15.4 Å². The minimum absolute atomic E-state index is 0.232. The van der Waals surface area contributed by atoms with Crippen molar-refractivity contribution in [1.29, 1.82) is 0 Å². The van der Waals surface area contributed by atoms with E-state index in [2.05, 4.69) is 49.2 Å². The van der Waals surface area contributed by atoms with Gasteiger partial charge in [-0.2, -0.15) is 0 Å². The van der Waals surface area contributed by atoms with E-state index in [0.29, 0.717) is 11.3 Å². The van der Waals surface area contributed by atoms with E-state index in [1.165, 1.54) is 7.11 Å². The van der Waals surface area contributed by atoms with E-state index in [0.717, 1.165) is 19.3 Å². The second-order valence-corrected chi connectivity index (χ2v) is 7.29. The van der Waals surface area contributed by atoms with Gasteiger partial charge < -0.3 is 10.1 Å². The van der Waals surface area contributed by atoms with Gasteiger partial charge in [-0.25, -0.2) is 0 Å². The standard InChI is InChI=1S/C16H14BrIN2O2S/c1-9-7-10(17)8-13(14(9)22-2)15(21)20-16(23)19-12-5-3-11(18)4-6-12/h3-8H,1-2H3,(H2,19,20,21,23). The number of rotatable bonds is 3. The molecular formula is C16H14BrIN2O2S. The summed E-state index contributed by atoms with van der Waals surface area (Å²) >= 11 is 10.8. The van der Waals surface area contributed by atoms with Crippen molar-refractivity contribution < 1.29 is 9.53 Å². The van der Waals surface area contributed by atoms with Crippen molar-refractivity contribution >= 4 is 67.4 Å². The van der Waals surface area contributed by atoms with Gasteiger partial charge in [0.05, 0.1) is 12.7 Å². The van der Waals surface area contributed by atoms with Crippen molar-refractivity contribution in [3.63, 3.8) is 0 Å². The summed E-state index contributed by atoms with van der Waals surface area (Å²) in [7, 11) is 1.54. The summed E-state index contributed by atoms with van der Waals surface area (Å²) in [5, 5.41) is 5.88. The van der Waals surface area contributed by atoms with Gasteiger partial charge in [-0.1, -0.05) is 15.9 Å². The summed E-state index contributed by atoms with van der Waals surface area (Å²) < 4.78 is 7.24. The predicted molar refractivity (Wildman–Crippen MR) is 108 cm³/mol. The maximum atomic E-state index is 12.4. The van der Waals surface area contributed by atoms with Gasteiger partial charge in [0, 0.05) is 13.7 Å². The van der Waals surface area contributed by atoms with Crippen molar-refractivity contribution in [1.82, 2.24) is 5.32 Å². The second-order valence-electron chi connectivity index (χ2n) is 4.72.